The van der Waals surface area contributed by atoms with Crippen LogP contribution in [-0.4, -0.2) is 41.7 Å². The molecule has 1 aliphatic carbocycles. The van der Waals surface area contributed by atoms with Gasteiger partial charge in [-0.05, 0) is 11.1 Å². The van der Waals surface area contributed by atoms with Gasteiger partial charge in [0.2, 0.25) is 0 Å². The first-order valence-electron chi connectivity index (χ1n) is 6.00. The summed E-state index contributed by atoms with van der Waals surface area (Å²) in [7, 11) is 1.51. The molecule has 1 aromatic rings. The number of rotatable bonds is 4. The van der Waals surface area contributed by atoms with E-state index in [4.69, 9.17) is 4.74 Å². The van der Waals surface area contributed by atoms with E-state index in [1.54, 1.807) is 0 Å². The van der Waals surface area contributed by atoms with Crippen LogP contribution in [0.4, 0.5) is 0 Å². The Bertz CT molecular complexity index is 407. The van der Waals surface area contributed by atoms with Crippen molar-refractivity contribution in [3.8, 4) is 0 Å². The molecule has 1 aliphatic rings. The van der Waals surface area contributed by atoms with Crippen molar-refractivity contribution in [2.45, 2.75) is 30.9 Å². The highest BCUT2D eigenvalue weighted by Crippen LogP contribution is 2.27. The Balaban J connectivity index is 1.99. The SMILES string of the molecule is C=C1[C@H](NCc2ccccc2)[C@@H](O)[C@@H](O)[C@H]1OC. The van der Waals surface area contributed by atoms with Crippen LogP contribution in [0.2, 0.25) is 0 Å². The third kappa shape index (κ3) is 2.47. The third-order valence-corrected chi connectivity index (χ3v) is 3.39. The van der Waals surface area contributed by atoms with Gasteiger partial charge in [-0.1, -0.05) is 36.9 Å². The van der Waals surface area contributed by atoms with Gasteiger partial charge >= 0.3 is 0 Å². The first-order valence-corrected chi connectivity index (χ1v) is 6.00. The Morgan fingerprint density at radius 3 is 2.44 bits per heavy atom. The van der Waals surface area contributed by atoms with Crippen LogP contribution >= 0.6 is 0 Å². The molecule has 0 aromatic heterocycles. The zero-order chi connectivity index (χ0) is 13.1. The maximum absolute atomic E-state index is 9.95. The van der Waals surface area contributed by atoms with Crippen molar-refractivity contribution >= 4 is 0 Å². The summed E-state index contributed by atoms with van der Waals surface area (Å²) in [6.45, 7) is 4.51. The summed E-state index contributed by atoms with van der Waals surface area (Å²) in [4.78, 5) is 0. The van der Waals surface area contributed by atoms with Gasteiger partial charge in [0.05, 0.1) is 6.04 Å². The maximum Gasteiger partial charge on any atom is 0.112 e. The molecule has 0 radical (unpaired) electrons. The van der Waals surface area contributed by atoms with Crippen LogP contribution in [0.5, 0.6) is 0 Å². The molecule has 18 heavy (non-hydrogen) atoms. The molecule has 0 spiro atoms. The van der Waals surface area contributed by atoms with Crippen LogP contribution in [0.1, 0.15) is 5.56 Å². The zero-order valence-corrected chi connectivity index (χ0v) is 10.4. The summed E-state index contributed by atoms with van der Waals surface area (Å²) in [6, 6.07) is 9.54. The number of benzene rings is 1. The Morgan fingerprint density at radius 1 is 1.22 bits per heavy atom. The van der Waals surface area contributed by atoms with Gasteiger partial charge in [-0.15, -0.1) is 0 Å². The Kier molecular flexibility index (Phi) is 4.14. The minimum absolute atomic E-state index is 0.342. The van der Waals surface area contributed by atoms with Gasteiger partial charge in [-0.2, -0.15) is 0 Å². The molecule has 0 amide bonds. The molecule has 98 valence electrons. The van der Waals surface area contributed by atoms with E-state index in [-0.39, 0.29) is 6.04 Å². The Morgan fingerprint density at radius 2 is 1.89 bits per heavy atom. The second-order valence-corrected chi connectivity index (χ2v) is 4.56. The smallest absolute Gasteiger partial charge is 0.112 e. The lowest BCUT2D eigenvalue weighted by molar-refractivity contribution is -0.0343. The fourth-order valence-corrected chi connectivity index (χ4v) is 2.36. The molecule has 0 heterocycles. The van der Waals surface area contributed by atoms with Crippen LogP contribution in [0.15, 0.2) is 42.5 Å². The van der Waals surface area contributed by atoms with Crippen molar-refractivity contribution in [2.75, 3.05) is 7.11 Å². The molecule has 2 rings (SSSR count). The van der Waals surface area contributed by atoms with E-state index >= 15 is 0 Å². The van der Waals surface area contributed by atoms with Gasteiger partial charge in [0.1, 0.15) is 18.3 Å². The number of methoxy groups -OCH3 is 1. The third-order valence-electron chi connectivity index (χ3n) is 3.39. The summed E-state index contributed by atoms with van der Waals surface area (Å²) < 4.78 is 5.14. The molecule has 4 atom stereocenters. The molecule has 3 N–H and O–H groups in total. The Labute approximate surface area is 107 Å². The zero-order valence-electron chi connectivity index (χ0n) is 10.4. The lowest BCUT2D eigenvalue weighted by atomic mass is 10.1. The van der Waals surface area contributed by atoms with Gasteiger partial charge in [0, 0.05) is 13.7 Å². The number of ether oxygens (including phenoxy) is 1. The lowest BCUT2D eigenvalue weighted by Crippen LogP contribution is -2.40. The predicted octanol–water partition coefficient (Wildman–Crippen LogP) is 0.451. The minimum atomic E-state index is -0.921. The molecule has 1 saturated carbocycles. The van der Waals surface area contributed by atoms with Crippen molar-refractivity contribution in [1.82, 2.24) is 5.32 Å². The number of hydrogen-bond donors (Lipinski definition) is 3. The Hall–Kier alpha value is -1.20. The van der Waals surface area contributed by atoms with Crippen molar-refractivity contribution in [3.05, 3.63) is 48.0 Å². The van der Waals surface area contributed by atoms with Crippen LogP contribution in [0.25, 0.3) is 0 Å². The molecule has 0 bridgehead atoms. The first kappa shape index (κ1) is 13.2. The average Bonchev–Trinajstić information content (AvgIpc) is 2.60. The second kappa shape index (κ2) is 5.63. The first-order chi connectivity index (χ1) is 8.65. The molecule has 0 unspecified atom stereocenters. The van der Waals surface area contributed by atoms with E-state index < -0.39 is 18.3 Å². The fourth-order valence-electron chi connectivity index (χ4n) is 2.36. The monoisotopic (exact) mass is 249 g/mol. The standard InChI is InChI=1S/C14H19NO3/c1-9-11(12(16)13(17)14(9)18-2)15-8-10-6-4-3-5-7-10/h3-7,11-17H,1,8H2,2H3/t11-,12+,13+,14-/m0/s1. The highest BCUT2D eigenvalue weighted by molar-refractivity contribution is 5.25. The molecule has 0 aliphatic heterocycles. The highest BCUT2D eigenvalue weighted by Gasteiger charge is 2.44. The van der Waals surface area contributed by atoms with Crippen LogP contribution in [0.3, 0.4) is 0 Å². The molecular weight excluding hydrogens is 230 g/mol. The van der Waals surface area contributed by atoms with E-state index in [0.29, 0.717) is 12.1 Å². The van der Waals surface area contributed by atoms with Crippen molar-refractivity contribution < 1.29 is 14.9 Å². The van der Waals surface area contributed by atoms with Gasteiger partial charge < -0.3 is 20.3 Å². The normalized spacial score (nSPS) is 31.8. The van der Waals surface area contributed by atoms with Gasteiger partial charge in [0.25, 0.3) is 0 Å². The van der Waals surface area contributed by atoms with E-state index in [2.05, 4.69) is 11.9 Å². The fraction of sp³-hybridized carbons (Fsp3) is 0.429. The molecule has 4 nitrogen and oxygen atoms in total. The molecule has 0 saturated heterocycles. The highest BCUT2D eigenvalue weighted by atomic mass is 16.5. The summed E-state index contributed by atoms with van der Waals surface area (Å²) >= 11 is 0. The second-order valence-electron chi connectivity index (χ2n) is 4.56. The predicted molar refractivity (Wildman–Crippen MR) is 69.0 cm³/mol. The van der Waals surface area contributed by atoms with Gasteiger partial charge in [-0.25, -0.2) is 0 Å². The maximum atomic E-state index is 9.95. The number of aliphatic hydroxyl groups is 2. The van der Waals surface area contributed by atoms with Crippen molar-refractivity contribution in [1.29, 1.82) is 0 Å². The average molecular weight is 249 g/mol. The summed E-state index contributed by atoms with van der Waals surface area (Å²) in [6.07, 6.45) is -2.31. The molecule has 1 aromatic carbocycles. The van der Waals surface area contributed by atoms with E-state index in [0.717, 1.165) is 5.56 Å². The van der Waals surface area contributed by atoms with E-state index in [9.17, 15) is 10.2 Å². The topological polar surface area (TPSA) is 61.7 Å². The molecule has 1 fully saturated rings. The number of aliphatic hydroxyl groups excluding tert-OH is 2. The van der Waals surface area contributed by atoms with Crippen LogP contribution < -0.4 is 5.32 Å². The minimum Gasteiger partial charge on any atom is -0.388 e. The van der Waals surface area contributed by atoms with E-state index in [1.807, 2.05) is 30.3 Å². The van der Waals surface area contributed by atoms with E-state index in [1.165, 1.54) is 7.11 Å². The number of hydrogen-bond acceptors (Lipinski definition) is 4. The summed E-state index contributed by atoms with van der Waals surface area (Å²) in [5.74, 6) is 0. The van der Waals surface area contributed by atoms with Crippen LogP contribution in [-0.2, 0) is 11.3 Å². The largest absolute Gasteiger partial charge is 0.388 e. The number of nitrogens with one attached hydrogen (secondary N) is 1. The molecular formula is C14H19NO3. The molecule has 4 heteroatoms. The quantitative estimate of drug-likeness (QED) is 0.678. The lowest BCUT2D eigenvalue weighted by Gasteiger charge is -2.18. The van der Waals surface area contributed by atoms with Gasteiger partial charge in [0.15, 0.2) is 0 Å². The van der Waals surface area contributed by atoms with Gasteiger partial charge in [-0.3, -0.25) is 0 Å². The summed E-state index contributed by atoms with van der Waals surface area (Å²) in [5, 5.41) is 23.0. The van der Waals surface area contributed by atoms with Crippen molar-refractivity contribution in [2.24, 2.45) is 0 Å². The summed E-state index contributed by atoms with van der Waals surface area (Å²) in [5.41, 5.74) is 1.81. The van der Waals surface area contributed by atoms with Crippen molar-refractivity contribution in [3.63, 3.8) is 0 Å². The van der Waals surface area contributed by atoms with Crippen LogP contribution in [0, 0.1) is 0 Å².